The number of hydrogen-bond donors (Lipinski definition) is 1. The predicted molar refractivity (Wildman–Crippen MR) is 70.1 cm³/mol. The molecule has 0 unspecified atom stereocenters. The van der Waals surface area contributed by atoms with Gasteiger partial charge in [0.2, 0.25) is 0 Å². The Bertz CT molecular complexity index is 546. The van der Waals surface area contributed by atoms with Crippen molar-refractivity contribution >= 4 is 0 Å². The summed E-state index contributed by atoms with van der Waals surface area (Å²) in [5, 5.41) is 2.85. The summed E-state index contributed by atoms with van der Waals surface area (Å²) >= 11 is 0. The number of aromatic amines is 1. The van der Waals surface area contributed by atoms with Gasteiger partial charge in [0.15, 0.2) is 0 Å². The fraction of sp³-hybridized carbons (Fsp3) is 0.357. The molecule has 0 amide bonds. The van der Waals surface area contributed by atoms with Gasteiger partial charge in [-0.15, -0.1) is 0 Å². The Balaban J connectivity index is 2.36. The topological polar surface area (TPSA) is 37.8 Å². The third-order valence-electron chi connectivity index (χ3n) is 2.70. The van der Waals surface area contributed by atoms with E-state index in [1.54, 1.807) is 0 Å². The highest BCUT2D eigenvalue weighted by Crippen LogP contribution is 2.15. The Morgan fingerprint density at radius 1 is 1.24 bits per heavy atom. The van der Waals surface area contributed by atoms with E-state index in [-0.39, 0.29) is 5.56 Å². The number of aryl methyl sites for hydroxylation is 1. The lowest BCUT2D eigenvalue weighted by Crippen LogP contribution is -2.09. The molecule has 3 heteroatoms. The monoisotopic (exact) mass is 230 g/mol. The first-order chi connectivity index (χ1) is 8.06. The van der Waals surface area contributed by atoms with Crippen molar-refractivity contribution in [3.8, 4) is 11.1 Å². The van der Waals surface area contributed by atoms with Crippen molar-refractivity contribution < 1.29 is 0 Å². The maximum Gasteiger partial charge on any atom is 0.271 e. The molecule has 0 aliphatic heterocycles. The lowest BCUT2D eigenvalue weighted by Gasteiger charge is -2.04. The van der Waals surface area contributed by atoms with E-state index in [4.69, 9.17) is 0 Å². The molecule has 0 radical (unpaired) electrons. The molecule has 0 spiro atoms. The van der Waals surface area contributed by atoms with Crippen LogP contribution in [0.4, 0.5) is 0 Å². The first kappa shape index (κ1) is 11.7. The lowest BCUT2D eigenvalue weighted by atomic mass is 10.1. The van der Waals surface area contributed by atoms with Gasteiger partial charge >= 0.3 is 0 Å². The minimum Gasteiger partial charge on any atom is -0.291 e. The van der Waals surface area contributed by atoms with Gasteiger partial charge in [0.1, 0.15) is 0 Å². The van der Waals surface area contributed by atoms with Gasteiger partial charge in [0, 0.05) is 12.7 Å². The number of hydrogen-bond acceptors (Lipinski definition) is 1. The van der Waals surface area contributed by atoms with Crippen LogP contribution < -0.4 is 5.56 Å². The summed E-state index contributed by atoms with van der Waals surface area (Å²) in [5.74, 6) is 0.518. The van der Waals surface area contributed by atoms with Gasteiger partial charge in [-0.25, -0.2) is 0 Å². The summed E-state index contributed by atoms with van der Waals surface area (Å²) in [6, 6.07) is 8.02. The van der Waals surface area contributed by atoms with E-state index in [0.29, 0.717) is 5.92 Å². The third kappa shape index (κ3) is 2.67. The Kier molecular flexibility index (Phi) is 3.18. The van der Waals surface area contributed by atoms with Crippen LogP contribution in [0, 0.1) is 12.8 Å². The molecular formula is C14H18N2O. The highest BCUT2D eigenvalue weighted by Gasteiger charge is 2.07. The van der Waals surface area contributed by atoms with E-state index in [2.05, 4.69) is 18.9 Å². The number of nitrogens with zero attached hydrogens (tertiary/aromatic N) is 1. The molecule has 1 aromatic carbocycles. The van der Waals surface area contributed by atoms with Gasteiger partial charge in [-0.05, 0) is 18.4 Å². The quantitative estimate of drug-likeness (QED) is 0.865. The predicted octanol–water partition coefficient (Wildman–Crippen LogP) is 2.81. The fourth-order valence-corrected chi connectivity index (χ4v) is 1.87. The normalized spacial score (nSPS) is 11.1. The average molecular weight is 230 g/mol. The molecule has 0 fully saturated rings. The van der Waals surface area contributed by atoms with Crippen LogP contribution in [0.15, 0.2) is 35.3 Å². The first-order valence-corrected chi connectivity index (χ1v) is 5.93. The second-order valence-corrected chi connectivity index (χ2v) is 4.90. The van der Waals surface area contributed by atoms with E-state index >= 15 is 0 Å². The van der Waals surface area contributed by atoms with E-state index in [1.165, 1.54) is 5.56 Å². The Morgan fingerprint density at radius 3 is 2.47 bits per heavy atom. The summed E-state index contributed by atoms with van der Waals surface area (Å²) < 4.78 is 1.86. The second-order valence-electron chi connectivity index (χ2n) is 4.90. The Hall–Kier alpha value is -1.77. The highest BCUT2D eigenvalue weighted by molar-refractivity contribution is 5.61. The smallest absolute Gasteiger partial charge is 0.271 e. The molecule has 0 atom stereocenters. The number of benzene rings is 1. The van der Waals surface area contributed by atoms with Crippen molar-refractivity contribution in [1.29, 1.82) is 0 Å². The molecule has 1 N–H and O–H groups in total. The minimum absolute atomic E-state index is 0.0190. The second kappa shape index (κ2) is 4.62. The zero-order valence-electron chi connectivity index (χ0n) is 10.5. The van der Waals surface area contributed by atoms with Gasteiger partial charge < -0.3 is 0 Å². The Morgan fingerprint density at radius 2 is 1.88 bits per heavy atom. The van der Waals surface area contributed by atoms with Crippen molar-refractivity contribution in [2.75, 3.05) is 0 Å². The number of aromatic nitrogens is 2. The van der Waals surface area contributed by atoms with E-state index in [0.717, 1.165) is 17.7 Å². The molecule has 0 bridgehead atoms. The summed E-state index contributed by atoms with van der Waals surface area (Å²) in [5.41, 5.74) is 2.89. The number of rotatable bonds is 3. The average Bonchev–Trinajstić information content (AvgIpc) is 2.59. The van der Waals surface area contributed by atoms with Crippen LogP contribution in [-0.2, 0) is 6.54 Å². The standard InChI is InChI=1S/C14H18N2O/c1-10(2)8-16-9-13(14(17)15-16)12-6-4-11(3)5-7-12/h4-7,9-10H,8H2,1-3H3,(H,15,17). The zero-order valence-corrected chi connectivity index (χ0v) is 10.5. The molecule has 3 nitrogen and oxygen atoms in total. The van der Waals surface area contributed by atoms with Crippen molar-refractivity contribution in [3.63, 3.8) is 0 Å². The van der Waals surface area contributed by atoms with Gasteiger partial charge in [0.05, 0.1) is 5.56 Å². The maximum atomic E-state index is 11.8. The van der Waals surface area contributed by atoms with Gasteiger partial charge in [-0.2, -0.15) is 0 Å². The van der Waals surface area contributed by atoms with Crippen LogP contribution in [-0.4, -0.2) is 9.78 Å². The summed E-state index contributed by atoms with van der Waals surface area (Å²) in [7, 11) is 0. The molecule has 1 heterocycles. The van der Waals surface area contributed by atoms with E-state index < -0.39 is 0 Å². The van der Waals surface area contributed by atoms with Gasteiger partial charge in [-0.1, -0.05) is 43.7 Å². The van der Waals surface area contributed by atoms with Crippen molar-refractivity contribution in [1.82, 2.24) is 9.78 Å². The minimum atomic E-state index is -0.0190. The first-order valence-electron chi connectivity index (χ1n) is 5.93. The van der Waals surface area contributed by atoms with Crippen LogP contribution in [0.2, 0.25) is 0 Å². The van der Waals surface area contributed by atoms with Crippen LogP contribution >= 0.6 is 0 Å². The molecule has 2 rings (SSSR count). The molecule has 0 saturated carbocycles. The molecular weight excluding hydrogens is 212 g/mol. The van der Waals surface area contributed by atoms with Crippen LogP contribution in [0.3, 0.4) is 0 Å². The van der Waals surface area contributed by atoms with E-state index in [9.17, 15) is 4.79 Å². The van der Waals surface area contributed by atoms with Crippen LogP contribution in [0.5, 0.6) is 0 Å². The summed E-state index contributed by atoms with van der Waals surface area (Å²) in [6.07, 6.45) is 1.90. The number of nitrogens with one attached hydrogen (secondary N) is 1. The summed E-state index contributed by atoms with van der Waals surface area (Å²) in [4.78, 5) is 11.8. The fourth-order valence-electron chi connectivity index (χ4n) is 1.87. The molecule has 0 saturated heterocycles. The molecule has 17 heavy (non-hydrogen) atoms. The maximum absolute atomic E-state index is 11.8. The van der Waals surface area contributed by atoms with Gasteiger partial charge in [-0.3, -0.25) is 14.6 Å². The SMILES string of the molecule is Cc1ccc(-c2cn(CC(C)C)[nH]c2=O)cc1. The van der Waals surface area contributed by atoms with Crippen molar-refractivity contribution in [2.45, 2.75) is 27.3 Å². The highest BCUT2D eigenvalue weighted by atomic mass is 16.1. The lowest BCUT2D eigenvalue weighted by molar-refractivity contribution is 0.481. The van der Waals surface area contributed by atoms with Gasteiger partial charge in [0.25, 0.3) is 5.56 Å². The molecule has 0 aliphatic carbocycles. The van der Waals surface area contributed by atoms with Crippen molar-refractivity contribution in [3.05, 3.63) is 46.4 Å². The van der Waals surface area contributed by atoms with E-state index in [1.807, 2.05) is 42.1 Å². The van der Waals surface area contributed by atoms with Crippen LogP contribution in [0.1, 0.15) is 19.4 Å². The molecule has 1 aromatic heterocycles. The zero-order chi connectivity index (χ0) is 12.4. The summed E-state index contributed by atoms with van der Waals surface area (Å²) in [6.45, 7) is 7.13. The molecule has 0 aliphatic rings. The third-order valence-corrected chi connectivity index (χ3v) is 2.70. The molecule has 2 aromatic rings. The van der Waals surface area contributed by atoms with Crippen molar-refractivity contribution in [2.24, 2.45) is 5.92 Å². The van der Waals surface area contributed by atoms with Crippen LogP contribution in [0.25, 0.3) is 11.1 Å². The number of H-pyrrole nitrogens is 1. The molecule has 90 valence electrons. The largest absolute Gasteiger partial charge is 0.291 e. The Labute approximate surface area is 101 Å².